The minimum atomic E-state index is 0.852. The SMILES string of the molecule is CN(C)c1ccc(NCc2cc[nH]c2)cc1. The van der Waals surface area contributed by atoms with Gasteiger partial charge in [-0.3, -0.25) is 0 Å². The Labute approximate surface area is 96.1 Å². The Morgan fingerprint density at radius 2 is 1.88 bits per heavy atom. The Morgan fingerprint density at radius 1 is 1.12 bits per heavy atom. The second kappa shape index (κ2) is 4.75. The number of nitrogens with one attached hydrogen (secondary N) is 2. The summed E-state index contributed by atoms with van der Waals surface area (Å²) < 4.78 is 0. The molecule has 0 spiro atoms. The summed E-state index contributed by atoms with van der Waals surface area (Å²) in [5.74, 6) is 0. The van der Waals surface area contributed by atoms with Gasteiger partial charge in [0.2, 0.25) is 0 Å². The van der Waals surface area contributed by atoms with Gasteiger partial charge in [-0.1, -0.05) is 0 Å². The first-order chi connectivity index (χ1) is 7.75. The van der Waals surface area contributed by atoms with Crippen LogP contribution in [0.25, 0.3) is 0 Å². The Morgan fingerprint density at radius 3 is 2.44 bits per heavy atom. The molecule has 3 heteroatoms. The van der Waals surface area contributed by atoms with Gasteiger partial charge in [0.25, 0.3) is 0 Å². The third-order valence-electron chi connectivity index (χ3n) is 2.54. The summed E-state index contributed by atoms with van der Waals surface area (Å²) in [5.41, 5.74) is 3.62. The number of hydrogen-bond acceptors (Lipinski definition) is 2. The first kappa shape index (κ1) is 10.6. The molecule has 2 N–H and O–H groups in total. The van der Waals surface area contributed by atoms with E-state index < -0.39 is 0 Å². The zero-order chi connectivity index (χ0) is 11.4. The molecule has 1 heterocycles. The number of aromatic amines is 1. The fourth-order valence-corrected chi connectivity index (χ4v) is 1.55. The predicted molar refractivity (Wildman–Crippen MR) is 68.9 cm³/mol. The van der Waals surface area contributed by atoms with Crippen LogP contribution in [0.4, 0.5) is 11.4 Å². The number of hydrogen-bond donors (Lipinski definition) is 2. The molecule has 3 nitrogen and oxygen atoms in total. The van der Waals surface area contributed by atoms with E-state index in [2.05, 4.69) is 45.5 Å². The quantitative estimate of drug-likeness (QED) is 0.821. The fraction of sp³-hybridized carbons (Fsp3) is 0.231. The summed E-state index contributed by atoms with van der Waals surface area (Å²) in [7, 11) is 4.09. The minimum Gasteiger partial charge on any atom is -0.381 e. The van der Waals surface area contributed by atoms with Crippen LogP contribution in [0, 0.1) is 0 Å². The predicted octanol–water partition coefficient (Wildman–Crippen LogP) is 2.69. The number of aromatic nitrogens is 1. The van der Waals surface area contributed by atoms with Gasteiger partial charge < -0.3 is 15.2 Å². The van der Waals surface area contributed by atoms with Crippen LogP contribution in [0.2, 0.25) is 0 Å². The molecule has 2 aromatic rings. The number of nitrogens with zero attached hydrogens (tertiary/aromatic N) is 1. The van der Waals surface area contributed by atoms with Gasteiger partial charge >= 0.3 is 0 Å². The van der Waals surface area contributed by atoms with Gasteiger partial charge in [-0.05, 0) is 35.9 Å². The van der Waals surface area contributed by atoms with Crippen LogP contribution in [0.5, 0.6) is 0 Å². The molecule has 0 aliphatic rings. The topological polar surface area (TPSA) is 31.1 Å². The van der Waals surface area contributed by atoms with Gasteiger partial charge in [-0.2, -0.15) is 0 Å². The molecule has 1 aromatic carbocycles. The van der Waals surface area contributed by atoms with Crippen molar-refractivity contribution in [3.63, 3.8) is 0 Å². The lowest BCUT2D eigenvalue weighted by atomic mass is 10.2. The van der Waals surface area contributed by atoms with Gasteiger partial charge in [0.05, 0.1) is 0 Å². The highest BCUT2D eigenvalue weighted by Crippen LogP contribution is 2.16. The first-order valence-corrected chi connectivity index (χ1v) is 5.38. The largest absolute Gasteiger partial charge is 0.381 e. The summed E-state index contributed by atoms with van der Waals surface area (Å²) >= 11 is 0. The lowest BCUT2D eigenvalue weighted by molar-refractivity contribution is 1.12. The van der Waals surface area contributed by atoms with Crippen LogP contribution in [-0.4, -0.2) is 19.1 Å². The second-order valence-electron chi connectivity index (χ2n) is 4.01. The van der Waals surface area contributed by atoms with E-state index in [1.165, 1.54) is 11.3 Å². The molecule has 84 valence electrons. The molecule has 16 heavy (non-hydrogen) atoms. The number of rotatable bonds is 4. The molecular formula is C13H17N3. The van der Waals surface area contributed by atoms with Gasteiger partial charge in [-0.15, -0.1) is 0 Å². The van der Waals surface area contributed by atoms with E-state index >= 15 is 0 Å². The van der Waals surface area contributed by atoms with E-state index in [0.717, 1.165) is 12.2 Å². The summed E-state index contributed by atoms with van der Waals surface area (Å²) in [6.07, 6.45) is 3.94. The maximum absolute atomic E-state index is 3.37. The van der Waals surface area contributed by atoms with Crippen LogP contribution >= 0.6 is 0 Å². The standard InChI is InChI=1S/C13H17N3/c1-16(2)13-5-3-12(4-6-13)15-10-11-7-8-14-9-11/h3-9,14-15H,10H2,1-2H3. The lowest BCUT2D eigenvalue weighted by Gasteiger charge is -2.13. The van der Waals surface area contributed by atoms with Crippen molar-refractivity contribution < 1.29 is 0 Å². The van der Waals surface area contributed by atoms with E-state index in [9.17, 15) is 0 Å². The summed E-state index contributed by atoms with van der Waals surface area (Å²) in [5, 5.41) is 3.37. The van der Waals surface area contributed by atoms with Crippen molar-refractivity contribution in [1.82, 2.24) is 4.98 Å². The maximum atomic E-state index is 3.37. The van der Waals surface area contributed by atoms with Gasteiger partial charge in [0, 0.05) is 44.4 Å². The Balaban J connectivity index is 1.95. The van der Waals surface area contributed by atoms with Crippen LogP contribution in [0.3, 0.4) is 0 Å². The van der Waals surface area contributed by atoms with Crippen molar-refractivity contribution in [3.05, 3.63) is 48.3 Å². The van der Waals surface area contributed by atoms with E-state index in [0.29, 0.717) is 0 Å². The number of anilines is 2. The van der Waals surface area contributed by atoms with Crippen LogP contribution in [-0.2, 0) is 6.54 Å². The molecule has 0 unspecified atom stereocenters. The zero-order valence-electron chi connectivity index (χ0n) is 9.70. The molecule has 0 bridgehead atoms. The molecule has 0 aliphatic heterocycles. The zero-order valence-corrected chi connectivity index (χ0v) is 9.70. The van der Waals surface area contributed by atoms with Crippen LogP contribution in [0.1, 0.15) is 5.56 Å². The smallest absolute Gasteiger partial charge is 0.0415 e. The monoisotopic (exact) mass is 215 g/mol. The van der Waals surface area contributed by atoms with Gasteiger partial charge in [0.1, 0.15) is 0 Å². The highest BCUT2D eigenvalue weighted by molar-refractivity contribution is 5.54. The Bertz CT molecular complexity index is 415. The lowest BCUT2D eigenvalue weighted by Crippen LogP contribution is -2.08. The van der Waals surface area contributed by atoms with Crippen molar-refractivity contribution in [3.8, 4) is 0 Å². The van der Waals surface area contributed by atoms with E-state index in [1.807, 2.05) is 26.5 Å². The molecule has 2 rings (SSSR count). The van der Waals surface area contributed by atoms with Crippen LogP contribution < -0.4 is 10.2 Å². The molecule has 0 saturated carbocycles. The van der Waals surface area contributed by atoms with Crippen molar-refractivity contribution in [1.29, 1.82) is 0 Å². The third kappa shape index (κ3) is 2.57. The first-order valence-electron chi connectivity index (χ1n) is 5.38. The minimum absolute atomic E-state index is 0.852. The van der Waals surface area contributed by atoms with E-state index in [4.69, 9.17) is 0 Å². The number of H-pyrrole nitrogens is 1. The highest BCUT2D eigenvalue weighted by atomic mass is 15.1. The summed E-state index contributed by atoms with van der Waals surface area (Å²) in [6.45, 7) is 0.852. The Hall–Kier alpha value is -1.90. The number of benzene rings is 1. The van der Waals surface area contributed by atoms with Gasteiger partial charge in [-0.25, -0.2) is 0 Å². The van der Waals surface area contributed by atoms with Crippen molar-refractivity contribution in [2.75, 3.05) is 24.3 Å². The van der Waals surface area contributed by atoms with E-state index in [1.54, 1.807) is 0 Å². The highest BCUT2D eigenvalue weighted by Gasteiger charge is 1.96. The normalized spacial score (nSPS) is 10.1. The third-order valence-corrected chi connectivity index (χ3v) is 2.54. The van der Waals surface area contributed by atoms with Crippen LogP contribution in [0.15, 0.2) is 42.7 Å². The van der Waals surface area contributed by atoms with Crippen molar-refractivity contribution >= 4 is 11.4 Å². The van der Waals surface area contributed by atoms with Crippen molar-refractivity contribution in [2.45, 2.75) is 6.54 Å². The van der Waals surface area contributed by atoms with Gasteiger partial charge in [0.15, 0.2) is 0 Å². The van der Waals surface area contributed by atoms with E-state index in [-0.39, 0.29) is 0 Å². The Kier molecular flexibility index (Phi) is 3.15. The second-order valence-corrected chi connectivity index (χ2v) is 4.01. The molecule has 1 aromatic heterocycles. The molecule has 0 fully saturated rings. The summed E-state index contributed by atoms with van der Waals surface area (Å²) in [4.78, 5) is 5.14. The maximum Gasteiger partial charge on any atom is 0.0415 e. The fourth-order valence-electron chi connectivity index (χ4n) is 1.55. The van der Waals surface area contributed by atoms with Crippen molar-refractivity contribution in [2.24, 2.45) is 0 Å². The molecule has 0 atom stereocenters. The average molecular weight is 215 g/mol. The molecule has 0 aliphatic carbocycles. The molecule has 0 radical (unpaired) electrons. The molecule has 0 amide bonds. The average Bonchev–Trinajstić information content (AvgIpc) is 2.80. The molecular weight excluding hydrogens is 198 g/mol. The summed E-state index contributed by atoms with van der Waals surface area (Å²) in [6, 6.07) is 10.5. The molecule has 0 saturated heterocycles.